The molecule has 0 radical (unpaired) electrons. The van der Waals surface area contributed by atoms with E-state index in [0.29, 0.717) is 24.7 Å². The van der Waals surface area contributed by atoms with Crippen LogP contribution < -0.4 is 0 Å². The molecule has 0 amide bonds. The maximum atomic E-state index is 14.4. The zero-order chi connectivity index (χ0) is 15.4. The Bertz CT molecular complexity index is 500. The minimum atomic E-state index is -0.886. The highest BCUT2D eigenvalue weighted by molar-refractivity contribution is 5.24. The van der Waals surface area contributed by atoms with Crippen LogP contribution in [0.4, 0.5) is 4.39 Å². The van der Waals surface area contributed by atoms with Crippen LogP contribution in [0.2, 0.25) is 0 Å². The predicted octanol–water partition coefficient (Wildman–Crippen LogP) is 4.80. The Hall–Kier alpha value is -1.19. The van der Waals surface area contributed by atoms with E-state index in [1.54, 1.807) is 6.07 Å². The van der Waals surface area contributed by atoms with E-state index in [0.717, 1.165) is 38.5 Å². The lowest BCUT2D eigenvalue weighted by molar-refractivity contribution is -0.310. The summed E-state index contributed by atoms with van der Waals surface area (Å²) in [4.78, 5) is 0. The number of allylic oxidation sites excluding steroid dienone is 1. The van der Waals surface area contributed by atoms with Gasteiger partial charge in [0.25, 0.3) is 0 Å². The Morgan fingerprint density at radius 2 is 1.82 bits per heavy atom. The summed E-state index contributed by atoms with van der Waals surface area (Å²) in [6, 6.07) is 6.90. The van der Waals surface area contributed by atoms with Crippen LogP contribution in [0.25, 0.3) is 0 Å². The standard InChI is InChI=1S/C19H25FO2/c1-2-6-15-9-11-16(12-10-15)19(21-13-5-14-22-19)17-7-3-4-8-18(17)20/h2-4,7-8,15-16H,1,5-6,9-14H2. The predicted molar refractivity (Wildman–Crippen MR) is 84.9 cm³/mol. The number of ether oxygens (including phenoxy) is 2. The fraction of sp³-hybridized carbons (Fsp3) is 0.579. The van der Waals surface area contributed by atoms with Crippen LogP contribution in [-0.2, 0) is 15.3 Å². The summed E-state index contributed by atoms with van der Waals surface area (Å²) in [5.74, 6) is -0.179. The van der Waals surface area contributed by atoms with Crippen molar-refractivity contribution in [2.75, 3.05) is 13.2 Å². The van der Waals surface area contributed by atoms with E-state index in [4.69, 9.17) is 9.47 Å². The maximum absolute atomic E-state index is 14.4. The first-order chi connectivity index (χ1) is 10.8. The van der Waals surface area contributed by atoms with Crippen molar-refractivity contribution in [1.29, 1.82) is 0 Å². The molecule has 1 saturated heterocycles. The number of benzene rings is 1. The molecule has 0 spiro atoms. The number of halogens is 1. The average molecular weight is 304 g/mol. The summed E-state index contributed by atoms with van der Waals surface area (Å²) in [6.45, 7) is 5.12. The Morgan fingerprint density at radius 1 is 1.14 bits per heavy atom. The van der Waals surface area contributed by atoms with Gasteiger partial charge < -0.3 is 9.47 Å². The molecule has 0 bridgehead atoms. The van der Waals surface area contributed by atoms with Gasteiger partial charge in [0.15, 0.2) is 0 Å². The van der Waals surface area contributed by atoms with Crippen LogP contribution in [0, 0.1) is 17.7 Å². The molecular weight excluding hydrogens is 279 g/mol. The van der Waals surface area contributed by atoms with Crippen molar-refractivity contribution in [2.45, 2.75) is 44.3 Å². The molecule has 22 heavy (non-hydrogen) atoms. The lowest BCUT2D eigenvalue weighted by atomic mass is 9.74. The number of hydrogen-bond donors (Lipinski definition) is 0. The van der Waals surface area contributed by atoms with Crippen LogP contribution in [0.15, 0.2) is 36.9 Å². The molecule has 1 aliphatic carbocycles. The first kappa shape index (κ1) is 15.7. The summed E-state index contributed by atoms with van der Waals surface area (Å²) in [6.07, 6.45) is 8.27. The fourth-order valence-corrected chi connectivity index (χ4v) is 3.92. The summed E-state index contributed by atoms with van der Waals surface area (Å²) >= 11 is 0. The molecule has 1 heterocycles. The second-order valence-corrected chi connectivity index (χ2v) is 6.44. The van der Waals surface area contributed by atoms with E-state index in [-0.39, 0.29) is 11.7 Å². The molecule has 3 heteroatoms. The van der Waals surface area contributed by atoms with Gasteiger partial charge in [0.2, 0.25) is 5.79 Å². The van der Waals surface area contributed by atoms with Gasteiger partial charge in [-0.3, -0.25) is 0 Å². The molecule has 1 aliphatic heterocycles. The molecule has 1 saturated carbocycles. The van der Waals surface area contributed by atoms with Gasteiger partial charge in [-0.1, -0.05) is 24.3 Å². The van der Waals surface area contributed by atoms with Crippen molar-refractivity contribution in [2.24, 2.45) is 11.8 Å². The number of hydrogen-bond acceptors (Lipinski definition) is 2. The van der Waals surface area contributed by atoms with Crippen LogP contribution in [0.5, 0.6) is 0 Å². The van der Waals surface area contributed by atoms with Gasteiger partial charge in [0.1, 0.15) is 5.82 Å². The van der Waals surface area contributed by atoms with E-state index < -0.39 is 5.79 Å². The zero-order valence-electron chi connectivity index (χ0n) is 13.1. The lowest BCUT2D eigenvalue weighted by Crippen LogP contribution is -2.46. The summed E-state index contributed by atoms with van der Waals surface area (Å²) in [5, 5.41) is 0. The third kappa shape index (κ3) is 2.97. The van der Waals surface area contributed by atoms with Crippen molar-refractivity contribution in [3.63, 3.8) is 0 Å². The molecule has 0 aromatic heterocycles. The molecule has 2 nitrogen and oxygen atoms in total. The second kappa shape index (κ2) is 6.93. The van der Waals surface area contributed by atoms with E-state index in [1.165, 1.54) is 6.07 Å². The largest absolute Gasteiger partial charge is 0.345 e. The topological polar surface area (TPSA) is 18.5 Å². The Morgan fingerprint density at radius 3 is 2.45 bits per heavy atom. The van der Waals surface area contributed by atoms with Gasteiger partial charge in [-0.25, -0.2) is 4.39 Å². The van der Waals surface area contributed by atoms with Gasteiger partial charge in [-0.05, 0) is 50.5 Å². The van der Waals surface area contributed by atoms with Crippen molar-refractivity contribution in [1.82, 2.24) is 0 Å². The second-order valence-electron chi connectivity index (χ2n) is 6.44. The molecule has 1 aromatic rings. The summed E-state index contributed by atoms with van der Waals surface area (Å²) in [5.41, 5.74) is 0.571. The minimum absolute atomic E-state index is 0.224. The Balaban J connectivity index is 1.84. The molecule has 0 unspecified atom stereocenters. The monoisotopic (exact) mass is 304 g/mol. The highest BCUT2D eigenvalue weighted by Crippen LogP contribution is 2.47. The SMILES string of the molecule is C=CCC1CCC(C2(c3ccccc3F)OCCCO2)CC1. The van der Waals surface area contributed by atoms with E-state index >= 15 is 0 Å². The van der Waals surface area contributed by atoms with Crippen LogP contribution in [0.1, 0.15) is 44.1 Å². The highest BCUT2D eigenvalue weighted by Gasteiger charge is 2.47. The van der Waals surface area contributed by atoms with Crippen molar-refractivity contribution >= 4 is 0 Å². The maximum Gasteiger partial charge on any atom is 0.200 e. The van der Waals surface area contributed by atoms with Crippen molar-refractivity contribution < 1.29 is 13.9 Å². The highest BCUT2D eigenvalue weighted by atomic mass is 19.1. The molecule has 1 aromatic carbocycles. The Labute approximate surface area is 132 Å². The first-order valence-electron chi connectivity index (χ1n) is 8.40. The lowest BCUT2D eigenvalue weighted by Gasteiger charge is -2.45. The van der Waals surface area contributed by atoms with E-state index in [1.807, 2.05) is 18.2 Å². The fourth-order valence-electron chi connectivity index (χ4n) is 3.92. The zero-order valence-corrected chi connectivity index (χ0v) is 13.1. The van der Waals surface area contributed by atoms with Gasteiger partial charge in [-0.2, -0.15) is 0 Å². The molecule has 3 rings (SSSR count). The molecular formula is C19H25FO2. The van der Waals surface area contributed by atoms with Gasteiger partial charge in [0, 0.05) is 11.5 Å². The van der Waals surface area contributed by atoms with Crippen molar-refractivity contribution in [3.05, 3.63) is 48.3 Å². The molecule has 0 N–H and O–H groups in total. The quantitative estimate of drug-likeness (QED) is 0.744. The normalized spacial score (nSPS) is 28.2. The third-order valence-electron chi connectivity index (χ3n) is 5.06. The smallest absolute Gasteiger partial charge is 0.200 e. The third-order valence-corrected chi connectivity index (χ3v) is 5.06. The van der Waals surface area contributed by atoms with E-state index in [2.05, 4.69) is 6.58 Å². The van der Waals surface area contributed by atoms with Gasteiger partial charge >= 0.3 is 0 Å². The van der Waals surface area contributed by atoms with Gasteiger partial charge in [-0.15, -0.1) is 6.58 Å². The molecule has 2 fully saturated rings. The van der Waals surface area contributed by atoms with E-state index in [9.17, 15) is 4.39 Å². The summed E-state index contributed by atoms with van der Waals surface area (Å²) < 4.78 is 26.6. The molecule has 2 aliphatic rings. The van der Waals surface area contributed by atoms with Gasteiger partial charge in [0.05, 0.1) is 13.2 Å². The van der Waals surface area contributed by atoms with Crippen LogP contribution in [0.3, 0.4) is 0 Å². The summed E-state index contributed by atoms with van der Waals surface area (Å²) in [7, 11) is 0. The average Bonchev–Trinajstić information content (AvgIpc) is 2.57. The Kier molecular flexibility index (Phi) is 4.94. The van der Waals surface area contributed by atoms with Crippen molar-refractivity contribution in [3.8, 4) is 0 Å². The molecule has 0 atom stereocenters. The van der Waals surface area contributed by atoms with Crippen LogP contribution in [-0.4, -0.2) is 13.2 Å². The number of rotatable bonds is 4. The minimum Gasteiger partial charge on any atom is -0.345 e. The molecule has 120 valence electrons. The first-order valence-corrected chi connectivity index (χ1v) is 8.40. The van der Waals surface area contributed by atoms with Crippen LogP contribution >= 0.6 is 0 Å².